The summed E-state index contributed by atoms with van der Waals surface area (Å²) in [7, 11) is 0. The Morgan fingerprint density at radius 2 is 1.67 bits per heavy atom. The Kier molecular flexibility index (Phi) is 6.39. The summed E-state index contributed by atoms with van der Waals surface area (Å²) in [5.41, 5.74) is 5.30. The third-order valence-electron chi connectivity index (χ3n) is 2.81. The lowest BCUT2D eigenvalue weighted by molar-refractivity contribution is 0.0638. The number of primary amides is 1. The Labute approximate surface area is 123 Å². The van der Waals surface area contributed by atoms with Crippen molar-refractivity contribution in [2.45, 2.75) is 26.7 Å². The Morgan fingerprint density at radius 1 is 1.10 bits per heavy atom. The molecule has 0 atom stereocenters. The molecule has 0 radical (unpaired) electrons. The van der Waals surface area contributed by atoms with Crippen molar-refractivity contribution in [3.05, 3.63) is 35.4 Å². The highest BCUT2D eigenvalue weighted by molar-refractivity contribution is 6.00. The van der Waals surface area contributed by atoms with Crippen LogP contribution in [0.15, 0.2) is 24.3 Å². The molecule has 1 aromatic rings. The fourth-order valence-electron chi connectivity index (χ4n) is 1.97. The molecule has 0 spiro atoms. The topological polar surface area (TPSA) is 89.7 Å². The highest BCUT2D eigenvalue weighted by atomic mass is 16.6. The Hall–Kier alpha value is -2.37. The van der Waals surface area contributed by atoms with Crippen LogP contribution < -0.4 is 5.73 Å². The van der Waals surface area contributed by atoms with Crippen molar-refractivity contribution in [1.82, 2.24) is 4.90 Å². The summed E-state index contributed by atoms with van der Waals surface area (Å²) < 4.78 is 4.30. The number of benzene rings is 1. The fraction of sp³-hybridized carbons (Fsp3) is 0.400. The lowest BCUT2D eigenvalue weighted by Crippen LogP contribution is -2.32. The number of hydrogen-bond donors (Lipinski definition) is 1. The number of nitrogens with zero attached hydrogens (tertiary/aromatic N) is 1. The summed E-state index contributed by atoms with van der Waals surface area (Å²) in [6.07, 6.45) is 0.542. The number of carbonyl (C=O) groups is 3. The summed E-state index contributed by atoms with van der Waals surface area (Å²) in [5, 5.41) is 0. The lowest BCUT2D eigenvalue weighted by Gasteiger charge is -2.21. The van der Waals surface area contributed by atoms with Crippen molar-refractivity contribution < 1.29 is 19.1 Å². The van der Waals surface area contributed by atoms with Crippen LogP contribution in [-0.4, -0.2) is 36.0 Å². The van der Waals surface area contributed by atoms with Crippen LogP contribution in [0.3, 0.4) is 0 Å². The van der Waals surface area contributed by atoms with Crippen molar-refractivity contribution in [2.24, 2.45) is 5.73 Å². The van der Waals surface area contributed by atoms with Crippen molar-refractivity contribution in [1.29, 1.82) is 0 Å². The summed E-state index contributed by atoms with van der Waals surface area (Å²) >= 11 is 0. The summed E-state index contributed by atoms with van der Waals surface area (Å²) in [5.74, 6) is -1.01. The van der Waals surface area contributed by atoms with Gasteiger partial charge in [0.15, 0.2) is 0 Å². The minimum absolute atomic E-state index is 0.118. The molecule has 1 aromatic carbocycles. The monoisotopic (exact) mass is 292 g/mol. The average molecular weight is 292 g/mol. The molecule has 0 saturated carbocycles. The molecule has 0 bridgehead atoms. The zero-order chi connectivity index (χ0) is 15.8. The first kappa shape index (κ1) is 16.7. The zero-order valence-corrected chi connectivity index (χ0v) is 12.3. The Morgan fingerprint density at radius 3 is 2.19 bits per heavy atom. The molecule has 0 heterocycles. The van der Waals surface area contributed by atoms with Gasteiger partial charge in [0.05, 0.1) is 5.56 Å². The SMILES string of the molecule is CCCN(CCC)C(=O)c1cccc(C(=O)OC(N)=O)c1. The van der Waals surface area contributed by atoms with E-state index in [-0.39, 0.29) is 11.5 Å². The van der Waals surface area contributed by atoms with Crippen LogP contribution in [-0.2, 0) is 4.74 Å². The van der Waals surface area contributed by atoms with E-state index >= 15 is 0 Å². The predicted molar refractivity (Wildman–Crippen MR) is 77.9 cm³/mol. The van der Waals surface area contributed by atoms with E-state index in [0.717, 1.165) is 12.8 Å². The number of carbonyl (C=O) groups excluding carboxylic acids is 3. The van der Waals surface area contributed by atoms with Crippen molar-refractivity contribution in [3.8, 4) is 0 Å². The Bertz CT molecular complexity index is 522. The molecule has 0 fully saturated rings. The number of nitrogens with two attached hydrogens (primary N) is 1. The summed E-state index contributed by atoms with van der Waals surface area (Å²) in [4.78, 5) is 36.3. The van der Waals surface area contributed by atoms with Crippen molar-refractivity contribution in [2.75, 3.05) is 13.1 Å². The summed E-state index contributed by atoms with van der Waals surface area (Å²) in [6, 6.07) is 6.07. The molecule has 6 heteroatoms. The number of ether oxygens (including phenoxy) is 1. The molecule has 2 amide bonds. The van der Waals surface area contributed by atoms with Gasteiger partial charge in [-0.3, -0.25) is 4.79 Å². The molecule has 0 saturated heterocycles. The second kappa shape index (κ2) is 8.04. The first-order chi connectivity index (χ1) is 9.99. The molecule has 1 rings (SSSR count). The third-order valence-corrected chi connectivity index (χ3v) is 2.81. The maximum atomic E-state index is 12.4. The van der Waals surface area contributed by atoms with Gasteiger partial charge in [-0.15, -0.1) is 0 Å². The van der Waals surface area contributed by atoms with E-state index in [1.165, 1.54) is 12.1 Å². The maximum absolute atomic E-state index is 12.4. The molecule has 0 unspecified atom stereocenters. The normalized spacial score (nSPS) is 10.0. The maximum Gasteiger partial charge on any atom is 0.412 e. The molecule has 0 aliphatic carbocycles. The minimum Gasteiger partial charge on any atom is -0.373 e. The minimum atomic E-state index is -1.17. The number of amides is 2. The number of esters is 1. The van der Waals surface area contributed by atoms with E-state index in [1.54, 1.807) is 17.0 Å². The zero-order valence-electron chi connectivity index (χ0n) is 12.3. The molecule has 114 valence electrons. The smallest absolute Gasteiger partial charge is 0.373 e. The fourth-order valence-corrected chi connectivity index (χ4v) is 1.97. The lowest BCUT2D eigenvalue weighted by atomic mass is 10.1. The number of hydrogen-bond acceptors (Lipinski definition) is 4. The molecular weight excluding hydrogens is 272 g/mol. The third kappa shape index (κ3) is 4.91. The van der Waals surface area contributed by atoms with Crippen molar-refractivity contribution in [3.63, 3.8) is 0 Å². The van der Waals surface area contributed by atoms with Crippen LogP contribution >= 0.6 is 0 Å². The van der Waals surface area contributed by atoms with E-state index in [9.17, 15) is 14.4 Å². The second-order valence-corrected chi connectivity index (χ2v) is 4.58. The molecule has 6 nitrogen and oxygen atoms in total. The first-order valence-corrected chi connectivity index (χ1v) is 6.90. The highest BCUT2D eigenvalue weighted by Gasteiger charge is 2.17. The van der Waals surface area contributed by atoms with Crippen molar-refractivity contribution >= 4 is 18.0 Å². The summed E-state index contributed by atoms with van der Waals surface area (Å²) in [6.45, 7) is 5.30. The van der Waals surface area contributed by atoms with Crippen LogP contribution in [0.5, 0.6) is 0 Å². The van der Waals surface area contributed by atoms with Crippen LogP contribution in [0.25, 0.3) is 0 Å². The van der Waals surface area contributed by atoms with Gasteiger partial charge in [-0.25, -0.2) is 9.59 Å². The molecule has 21 heavy (non-hydrogen) atoms. The average Bonchev–Trinajstić information content (AvgIpc) is 2.45. The number of rotatable bonds is 6. The standard InChI is InChI=1S/C15H20N2O4/c1-3-8-17(9-4-2)13(18)11-6-5-7-12(10-11)14(19)21-15(16)20/h5-7,10H,3-4,8-9H2,1-2H3,(H2,16,20). The van der Waals surface area contributed by atoms with Gasteiger partial charge in [0, 0.05) is 18.7 Å². The van der Waals surface area contributed by atoms with Gasteiger partial charge in [-0.2, -0.15) is 0 Å². The largest absolute Gasteiger partial charge is 0.412 e. The molecule has 0 aliphatic heterocycles. The first-order valence-electron chi connectivity index (χ1n) is 6.90. The van der Waals surface area contributed by atoms with E-state index in [2.05, 4.69) is 4.74 Å². The van der Waals surface area contributed by atoms with Gasteiger partial charge >= 0.3 is 12.1 Å². The molecule has 0 aliphatic rings. The van der Waals surface area contributed by atoms with Gasteiger partial charge < -0.3 is 15.4 Å². The highest BCUT2D eigenvalue weighted by Crippen LogP contribution is 2.11. The molecular formula is C15H20N2O4. The van der Waals surface area contributed by atoms with E-state index in [1.807, 2.05) is 13.8 Å². The van der Waals surface area contributed by atoms with Gasteiger partial charge in [-0.05, 0) is 31.0 Å². The predicted octanol–water partition coefficient (Wildman–Crippen LogP) is 2.18. The van der Waals surface area contributed by atoms with Gasteiger partial charge in [0.2, 0.25) is 0 Å². The van der Waals surface area contributed by atoms with E-state index < -0.39 is 12.1 Å². The van der Waals surface area contributed by atoms with Crippen LogP contribution in [0.2, 0.25) is 0 Å². The van der Waals surface area contributed by atoms with Gasteiger partial charge in [0.25, 0.3) is 5.91 Å². The molecule has 0 aromatic heterocycles. The Balaban J connectivity index is 2.94. The van der Waals surface area contributed by atoms with Crippen LogP contribution in [0, 0.1) is 0 Å². The van der Waals surface area contributed by atoms with E-state index in [0.29, 0.717) is 18.7 Å². The van der Waals surface area contributed by atoms with Gasteiger partial charge in [-0.1, -0.05) is 19.9 Å². The quantitative estimate of drug-likeness (QED) is 0.642. The van der Waals surface area contributed by atoms with Gasteiger partial charge in [0.1, 0.15) is 0 Å². The van der Waals surface area contributed by atoms with Crippen LogP contribution in [0.1, 0.15) is 47.4 Å². The second-order valence-electron chi connectivity index (χ2n) is 4.58. The van der Waals surface area contributed by atoms with E-state index in [4.69, 9.17) is 5.73 Å². The van der Waals surface area contributed by atoms with Crippen LogP contribution in [0.4, 0.5) is 4.79 Å². The molecule has 2 N–H and O–H groups in total.